The van der Waals surface area contributed by atoms with Crippen molar-refractivity contribution in [3.63, 3.8) is 0 Å². The van der Waals surface area contributed by atoms with Crippen LogP contribution >= 0.6 is 11.8 Å². The summed E-state index contributed by atoms with van der Waals surface area (Å²) in [5, 5.41) is 14.5. The van der Waals surface area contributed by atoms with Crippen LogP contribution in [0, 0.1) is 13.8 Å². The second kappa shape index (κ2) is 11.5. The largest absolute Gasteiger partial charge is 0.483 e. The maximum atomic E-state index is 12.2. The van der Waals surface area contributed by atoms with Crippen LogP contribution in [0.15, 0.2) is 47.6 Å². The summed E-state index contributed by atoms with van der Waals surface area (Å²) in [7, 11) is 1.80. The summed E-state index contributed by atoms with van der Waals surface area (Å²) < 4.78 is 7.44. The number of thioether (sulfide) groups is 1. The van der Waals surface area contributed by atoms with Crippen molar-refractivity contribution in [1.29, 1.82) is 0 Å². The minimum absolute atomic E-state index is 0.0788. The fourth-order valence-electron chi connectivity index (χ4n) is 3.17. The predicted octanol–water partition coefficient (Wildman–Crippen LogP) is 3.42. The number of carbonyl (C=O) groups excluding carboxylic acids is 2. The van der Waals surface area contributed by atoms with E-state index in [9.17, 15) is 9.59 Å². The SMILES string of the molecule is CCc1ccc(NC(=O)CSc2nnc(CNC(=O)COc3c(C)cccc3C)n2C)cc1. The molecule has 0 fully saturated rings. The van der Waals surface area contributed by atoms with E-state index in [-0.39, 0.29) is 30.7 Å². The highest BCUT2D eigenvalue weighted by Crippen LogP contribution is 2.22. The lowest BCUT2D eigenvalue weighted by Crippen LogP contribution is -2.29. The highest BCUT2D eigenvalue weighted by atomic mass is 32.2. The maximum Gasteiger partial charge on any atom is 0.258 e. The van der Waals surface area contributed by atoms with E-state index in [1.165, 1.54) is 17.3 Å². The molecule has 0 aliphatic rings. The number of hydrogen-bond donors (Lipinski definition) is 2. The second-order valence-electron chi connectivity index (χ2n) is 7.63. The van der Waals surface area contributed by atoms with Gasteiger partial charge in [-0.2, -0.15) is 0 Å². The Hall–Kier alpha value is -3.33. The number of amides is 2. The van der Waals surface area contributed by atoms with E-state index in [0.717, 1.165) is 29.0 Å². The van der Waals surface area contributed by atoms with Gasteiger partial charge >= 0.3 is 0 Å². The summed E-state index contributed by atoms with van der Waals surface area (Å²) in [4.78, 5) is 24.5. The van der Waals surface area contributed by atoms with E-state index < -0.39 is 0 Å². The normalized spacial score (nSPS) is 10.7. The summed E-state index contributed by atoms with van der Waals surface area (Å²) in [6, 6.07) is 13.6. The molecule has 0 saturated heterocycles. The molecule has 3 aromatic rings. The number of anilines is 1. The van der Waals surface area contributed by atoms with Crippen molar-refractivity contribution in [1.82, 2.24) is 20.1 Å². The van der Waals surface area contributed by atoms with E-state index in [0.29, 0.717) is 11.0 Å². The Labute approximate surface area is 198 Å². The fraction of sp³-hybridized carbons (Fsp3) is 0.333. The Morgan fingerprint density at radius 3 is 2.39 bits per heavy atom. The van der Waals surface area contributed by atoms with Crippen LogP contribution in [0.2, 0.25) is 0 Å². The third-order valence-electron chi connectivity index (χ3n) is 5.10. The number of nitrogens with one attached hydrogen (secondary N) is 2. The molecule has 1 aromatic heterocycles. The van der Waals surface area contributed by atoms with Crippen molar-refractivity contribution in [2.75, 3.05) is 17.7 Å². The van der Waals surface area contributed by atoms with Gasteiger partial charge in [0.05, 0.1) is 12.3 Å². The van der Waals surface area contributed by atoms with Crippen LogP contribution in [-0.2, 0) is 29.6 Å². The molecule has 0 aliphatic heterocycles. The molecular formula is C24H29N5O3S. The zero-order valence-electron chi connectivity index (χ0n) is 19.3. The van der Waals surface area contributed by atoms with Gasteiger partial charge in [-0.05, 0) is 49.1 Å². The van der Waals surface area contributed by atoms with Crippen molar-refractivity contribution < 1.29 is 14.3 Å². The average Bonchev–Trinajstić information content (AvgIpc) is 3.15. The molecule has 0 bridgehead atoms. The molecule has 0 radical (unpaired) electrons. The first-order valence-corrected chi connectivity index (χ1v) is 11.7. The number of hydrogen-bond acceptors (Lipinski definition) is 6. The molecule has 0 spiro atoms. The number of aromatic nitrogens is 3. The number of rotatable bonds is 10. The van der Waals surface area contributed by atoms with Crippen LogP contribution in [0.3, 0.4) is 0 Å². The summed E-state index contributed by atoms with van der Waals surface area (Å²) in [5.41, 5.74) is 3.96. The average molecular weight is 468 g/mol. The Bertz CT molecular complexity index is 1090. The predicted molar refractivity (Wildman–Crippen MR) is 129 cm³/mol. The van der Waals surface area contributed by atoms with E-state index in [4.69, 9.17) is 4.74 Å². The maximum absolute atomic E-state index is 12.2. The van der Waals surface area contributed by atoms with Crippen molar-refractivity contribution >= 4 is 29.3 Å². The summed E-state index contributed by atoms with van der Waals surface area (Å²) in [6.07, 6.45) is 0.957. The third kappa shape index (κ3) is 6.82. The van der Waals surface area contributed by atoms with Crippen molar-refractivity contribution in [3.05, 3.63) is 65.0 Å². The minimum atomic E-state index is -0.247. The number of para-hydroxylation sites is 1. The number of benzene rings is 2. The molecule has 0 saturated carbocycles. The summed E-state index contributed by atoms with van der Waals surface area (Å²) in [6.45, 7) is 6.12. The van der Waals surface area contributed by atoms with Gasteiger partial charge in [0.25, 0.3) is 5.91 Å². The second-order valence-corrected chi connectivity index (χ2v) is 8.57. The fourth-order valence-corrected chi connectivity index (χ4v) is 3.90. The molecule has 9 heteroatoms. The first-order valence-electron chi connectivity index (χ1n) is 10.7. The van der Waals surface area contributed by atoms with Crippen LogP contribution in [0.5, 0.6) is 5.75 Å². The lowest BCUT2D eigenvalue weighted by atomic mass is 10.1. The molecule has 2 amide bonds. The lowest BCUT2D eigenvalue weighted by molar-refractivity contribution is -0.123. The Balaban J connectivity index is 1.45. The number of nitrogens with zero attached hydrogens (tertiary/aromatic N) is 3. The molecule has 0 aliphatic carbocycles. The van der Waals surface area contributed by atoms with Gasteiger partial charge in [-0.25, -0.2) is 0 Å². The quantitative estimate of drug-likeness (QED) is 0.444. The van der Waals surface area contributed by atoms with Crippen molar-refractivity contribution in [2.24, 2.45) is 7.05 Å². The number of ether oxygens (including phenoxy) is 1. The highest BCUT2D eigenvalue weighted by molar-refractivity contribution is 7.99. The van der Waals surface area contributed by atoms with Crippen LogP contribution < -0.4 is 15.4 Å². The van der Waals surface area contributed by atoms with Gasteiger partial charge in [-0.3, -0.25) is 9.59 Å². The standard InChI is InChI=1S/C24H29N5O3S/c1-5-18-9-11-19(12-10-18)26-22(31)15-33-24-28-27-20(29(24)4)13-25-21(30)14-32-23-16(2)7-6-8-17(23)3/h6-12H,5,13-15H2,1-4H3,(H,25,30)(H,26,31). The molecule has 0 atom stereocenters. The molecule has 33 heavy (non-hydrogen) atoms. The van der Waals surface area contributed by atoms with Crippen LogP contribution in [0.25, 0.3) is 0 Å². The van der Waals surface area contributed by atoms with Gasteiger partial charge in [0.15, 0.2) is 17.6 Å². The topological polar surface area (TPSA) is 98.1 Å². The first-order chi connectivity index (χ1) is 15.9. The van der Waals surface area contributed by atoms with Crippen LogP contribution in [0.4, 0.5) is 5.69 Å². The van der Waals surface area contributed by atoms with Gasteiger partial charge in [-0.1, -0.05) is 49.0 Å². The lowest BCUT2D eigenvalue weighted by Gasteiger charge is -2.12. The van der Waals surface area contributed by atoms with E-state index >= 15 is 0 Å². The first kappa shape index (κ1) is 24.3. The number of carbonyl (C=O) groups is 2. The summed E-state index contributed by atoms with van der Waals surface area (Å²) in [5.74, 6) is 1.16. The Kier molecular flexibility index (Phi) is 8.48. The van der Waals surface area contributed by atoms with E-state index in [2.05, 4.69) is 27.8 Å². The molecule has 1 heterocycles. The van der Waals surface area contributed by atoms with E-state index in [1.54, 1.807) is 11.6 Å². The van der Waals surface area contributed by atoms with Gasteiger partial charge in [0, 0.05) is 12.7 Å². The molecule has 2 N–H and O–H groups in total. The van der Waals surface area contributed by atoms with Gasteiger partial charge in [0.1, 0.15) is 5.75 Å². The molecular weight excluding hydrogens is 438 g/mol. The molecule has 3 rings (SSSR count). The minimum Gasteiger partial charge on any atom is -0.483 e. The summed E-state index contributed by atoms with van der Waals surface area (Å²) >= 11 is 1.29. The van der Waals surface area contributed by atoms with Crippen LogP contribution in [0.1, 0.15) is 29.4 Å². The van der Waals surface area contributed by atoms with E-state index in [1.807, 2.05) is 56.3 Å². The van der Waals surface area contributed by atoms with Crippen molar-refractivity contribution in [2.45, 2.75) is 38.9 Å². The molecule has 174 valence electrons. The Morgan fingerprint density at radius 1 is 1.03 bits per heavy atom. The molecule has 8 nitrogen and oxygen atoms in total. The smallest absolute Gasteiger partial charge is 0.258 e. The highest BCUT2D eigenvalue weighted by Gasteiger charge is 2.13. The van der Waals surface area contributed by atoms with Gasteiger partial charge < -0.3 is 19.9 Å². The monoisotopic (exact) mass is 467 g/mol. The van der Waals surface area contributed by atoms with Gasteiger partial charge in [0.2, 0.25) is 5.91 Å². The Morgan fingerprint density at radius 2 is 1.73 bits per heavy atom. The zero-order valence-corrected chi connectivity index (χ0v) is 20.2. The number of aryl methyl sites for hydroxylation is 3. The zero-order chi connectivity index (χ0) is 23.8. The van der Waals surface area contributed by atoms with Gasteiger partial charge in [-0.15, -0.1) is 10.2 Å². The van der Waals surface area contributed by atoms with Crippen molar-refractivity contribution in [3.8, 4) is 5.75 Å². The van der Waals surface area contributed by atoms with Crippen LogP contribution in [-0.4, -0.2) is 38.9 Å². The molecule has 2 aromatic carbocycles. The third-order valence-corrected chi connectivity index (χ3v) is 6.12. The molecule has 0 unspecified atom stereocenters.